The summed E-state index contributed by atoms with van der Waals surface area (Å²) in [6, 6.07) is 4.38. The zero-order chi connectivity index (χ0) is 13.3. The summed E-state index contributed by atoms with van der Waals surface area (Å²) >= 11 is 0. The lowest BCUT2D eigenvalue weighted by atomic mass is 10.1. The molecule has 0 radical (unpaired) electrons. The van der Waals surface area contributed by atoms with Crippen molar-refractivity contribution in [1.29, 1.82) is 5.26 Å². The number of ether oxygens (including phenoxy) is 1. The molecule has 5 heteroatoms. The number of nitrogens with zero attached hydrogens (tertiary/aromatic N) is 2. The molecule has 0 aliphatic carbocycles. The van der Waals surface area contributed by atoms with E-state index in [0.29, 0.717) is 13.1 Å². The molecule has 3 nitrogen and oxygen atoms in total. The van der Waals surface area contributed by atoms with Gasteiger partial charge in [-0.3, -0.25) is 0 Å². The highest BCUT2D eigenvalue weighted by Crippen LogP contribution is 2.26. The number of hydrogen-bond donors (Lipinski definition) is 0. The maximum atomic E-state index is 13.9. The van der Waals surface area contributed by atoms with Gasteiger partial charge in [-0.25, -0.2) is 8.78 Å². The summed E-state index contributed by atoms with van der Waals surface area (Å²) in [6.07, 6.45) is -0.0706. The number of nitriles is 1. The van der Waals surface area contributed by atoms with Crippen LogP contribution in [-0.2, 0) is 4.74 Å². The Morgan fingerprint density at radius 2 is 1.83 bits per heavy atom. The van der Waals surface area contributed by atoms with Gasteiger partial charge in [0.05, 0.1) is 23.5 Å². The third-order valence-corrected chi connectivity index (χ3v) is 2.94. The number of hydrogen-bond acceptors (Lipinski definition) is 3. The average Bonchev–Trinajstić information content (AvgIpc) is 2.31. The van der Waals surface area contributed by atoms with Crippen LogP contribution in [0.25, 0.3) is 0 Å². The second-order valence-corrected chi connectivity index (χ2v) is 4.53. The fourth-order valence-electron chi connectivity index (χ4n) is 2.24. The molecule has 1 aliphatic rings. The van der Waals surface area contributed by atoms with Crippen LogP contribution in [0.15, 0.2) is 12.1 Å². The van der Waals surface area contributed by atoms with Gasteiger partial charge in [0.15, 0.2) is 11.6 Å². The zero-order valence-corrected chi connectivity index (χ0v) is 10.3. The summed E-state index contributed by atoms with van der Waals surface area (Å²) in [4.78, 5) is 1.75. The van der Waals surface area contributed by atoms with E-state index in [-0.39, 0.29) is 23.5 Å². The second-order valence-electron chi connectivity index (χ2n) is 4.53. The Morgan fingerprint density at radius 3 is 2.39 bits per heavy atom. The SMILES string of the molecule is CC1CN(c2ccc(C#N)c(F)c2F)CC(C)O1. The van der Waals surface area contributed by atoms with Gasteiger partial charge in [0.25, 0.3) is 0 Å². The monoisotopic (exact) mass is 252 g/mol. The molecule has 2 unspecified atom stereocenters. The van der Waals surface area contributed by atoms with Gasteiger partial charge in [-0.1, -0.05) is 0 Å². The van der Waals surface area contributed by atoms with Crippen molar-refractivity contribution in [3.05, 3.63) is 29.3 Å². The van der Waals surface area contributed by atoms with Gasteiger partial charge in [0, 0.05) is 13.1 Å². The molecule has 1 aliphatic heterocycles. The van der Waals surface area contributed by atoms with Gasteiger partial charge in [0.2, 0.25) is 0 Å². The van der Waals surface area contributed by atoms with Crippen LogP contribution in [0.2, 0.25) is 0 Å². The van der Waals surface area contributed by atoms with Crippen molar-refractivity contribution in [2.45, 2.75) is 26.1 Å². The summed E-state index contributed by atoms with van der Waals surface area (Å²) in [5.74, 6) is -2.04. The summed E-state index contributed by atoms with van der Waals surface area (Å²) < 4.78 is 33.0. The maximum absolute atomic E-state index is 13.9. The standard InChI is InChI=1S/C13H14F2N2O/c1-8-6-17(7-9(2)18-8)11-4-3-10(5-16)12(14)13(11)15/h3-4,8-9H,6-7H2,1-2H3. The van der Waals surface area contributed by atoms with E-state index in [4.69, 9.17) is 10.00 Å². The van der Waals surface area contributed by atoms with E-state index in [1.165, 1.54) is 12.1 Å². The van der Waals surface area contributed by atoms with Gasteiger partial charge >= 0.3 is 0 Å². The van der Waals surface area contributed by atoms with E-state index in [9.17, 15) is 8.78 Å². The van der Waals surface area contributed by atoms with Gasteiger partial charge in [0.1, 0.15) is 6.07 Å². The molecular weight excluding hydrogens is 238 g/mol. The molecule has 96 valence electrons. The molecule has 2 rings (SSSR count). The van der Waals surface area contributed by atoms with Crippen molar-refractivity contribution >= 4 is 5.69 Å². The fourth-order valence-corrected chi connectivity index (χ4v) is 2.24. The van der Waals surface area contributed by atoms with Crippen molar-refractivity contribution in [1.82, 2.24) is 0 Å². The number of benzene rings is 1. The molecule has 1 fully saturated rings. The van der Waals surface area contributed by atoms with Crippen LogP contribution in [0.5, 0.6) is 0 Å². The molecule has 1 aromatic rings. The highest BCUT2D eigenvalue weighted by Gasteiger charge is 2.26. The Hall–Kier alpha value is -1.67. The molecule has 1 aromatic carbocycles. The van der Waals surface area contributed by atoms with Gasteiger partial charge in [-0.15, -0.1) is 0 Å². The minimum Gasteiger partial charge on any atom is -0.372 e. The molecule has 0 saturated carbocycles. The highest BCUT2D eigenvalue weighted by atomic mass is 19.2. The number of halogens is 2. The smallest absolute Gasteiger partial charge is 0.183 e. The average molecular weight is 252 g/mol. The first-order valence-corrected chi connectivity index (χ1v) is 5.81. The lowest BCUT2D eigenvalue weighted by Crippen LogP contribution is -2.45. The number of rotatable bonds is 1. The second kappa shape index (κ2) is 4.91. The van der Waals surface area contributed by atoms with Crippen LogP contribution in [0, 0.1) is 23.0 Å². The van der Waals surface area contributed by atoms with Crippen LogP contribution in [0.1, 0.15) is 19.4 Å². The van der Waals surface area contributed by atoms with E-state index < -0.39 is 11.6 Å². The molecule has 2 atom stereocenters. The molecule has 18 heavy (non-hydrogen) atoms. The summed E-state index contributed by atoms with van der Waals surface area (Å²) in [5, 5.41) is 8.64. The first-order chi connectivity index (χ1) is 8.52. The summed E-state index contributed by atoms with van der Waals surface area (Å²) in [5.41, 5.74) is -0.0842. The van der Waals surface area contributed by atoms with Crippen molar-refractivity contribution in [3.63, 3.8) is 0 Å². The Labute approximate surface area is 105 Å². The Balaban J connectivity index is 2.34. The van der Waals surface area contributed by atoms with Crippen molar-refractivity contribution < 1.29 is 13.5 Å². The van der Waals surface area contributed by atoms with Crippen LogP contribution < -0.4 is 4.90 Å². The first-order valence-electron chi connectivity index (χ1n) is 5.81. The lowest BCUT2D eigenvalue weighted by molar-refractivity contribution is -0.00542. The van der Waals surface area contributed by atoms with Crippen LogP contribution in [-0.4, -0.2) is 25.3 Å². The third-order valence-electron chi connectivity index (χ3n) is 2.94. The minimum atomic E-state index is -1.08. The zero-order valence-electron chi connectivity index (χ0n) is 10.3. The van der Waals surface area contributed by atoms with Crippen molar-refractivity contribution in [2.75, 3.05) is 18.0 Å². The highest BCUT2D eigenvalue weighted by molar-refractivity contribution is 5.52. The van der Waals surface area contributed by atoms with Crippen molar-refractivity contribution in [3.8, 4) is 6.07 Å². The molecule has 0 N–H and O–H groups in total. The number of anilines is 1. The molecule has 0 amide bonds. The number of morpholine rings is 1. The Bertz CT molecular complexity index is 488. The maximum Gasteiger partial charge on any atom is 0.183 e. The Morgan fingerprint density at radius 1 is 1.22 bits per heavy atom. The predicted octanol–water partition coefficient (Wildman–Crippen LogP) is 2.45. The van der Waals surface area contributed by atoms with E-state index in [1.807, 2.05) is 13.8 Å². The van der Waals surface area contributed by atoms with Crippen LogP contribution in [0.3, 0.4) is 0 Å². The third kappa shape index (κ3) is 2.29. The normalized spacial score (nSPS) is 23.8. The molecule has 0 bridgehead atoms. The van der Waals surface area contributed by atoms with E-state index in [2.05, 4.69) is 0 Å². The van der Waals surface area contributed by atoms with E-state index >= 15 is 0 Å². The van der Waals surface area contributed by atoms with Gasteiger partial charge in [-0.05, 0) is 26.0 Å². The fraction of sp³-hybridized carbons (Fsp3) is 0.462. The Kier molecular flexibility index (Phi) is 3.48. The van der Waals surface area contributed by atoms with E-state index in [1.54, 1.807) is 11.0 Å². The van der Waals surface area contributed by atoms with E-state index in [0.717, 1.165) is 0 Å². The molecular formula is C13H14F2N2O. The largest absolute Gasteiger partial charge is 0.372 e. The van der Waals surface area contributed by atoms with Gasteiger partial charge < -0.3 is 9.64 Å². The summed E-state index contributed by atoms with van der Waals surface area (Å²) in [6.45, 7) is 4.79. The topological polar surface area (TPSA) is 36.3 Å². The molecule has 1 saturated heterocycles. The molecule has 1 heterocycles. The summed E-state index contributed by atoms with van der Waals surface area (Å²) in [7, 11) is 0. The molecule has 0 spiro atoms. The van der Waals surface area contributed by atoms with Crippen LogP contribution in [0.4, 0.5) is 14.5 Å². The first kappa shape index (κ1) is 12.8. The van der Waals surface area contributed by atoms with Crippen LogP contribution >= 0.6 is 0 Å². The van der Waals surface area contributed by atoms with Crippen molar-refractivity contribution in [2.24, 2.45) is 0 Å². The predicted molar refractivity (Wildman–Crippen MR) is 63.3 cm³/mol. The molecule has 0 aromatic heterocycles. The minimum absolute atomic E-state index is 0.0353. The quantitative estimate of drug-likeness (QED) is 0.770. The van der Waals surface area contributed by atoms with Gasteiger partial charge in [-0.2, -0.15) is 5.26 Å². The lowest BCUT2D eigenvalue weighted by Gasteiger charge is -2.37.